The van der Waals surface area contributed by atoms with Crippen LogP contribution in [-0.2, 0) is 9.59 Å². The molecule has 0 bridgehead atoms. The summed E-state index contributed by atoms with van der Waals surface area (Å²) in [5.41, 5.74) is -0.705. The molecule has 4 nitrogen and oxygen atoms in total. The van der Waals surface area contributed by atoms with Gasteiger partial charge in [-0.15, -0.1) is 0 Å². The van der Waals surface area contributed by atoms with Gasteiger partial charge in [0.15, 0.2) is 0 Å². The Hall–Kier alpha value is -1.06. The first kappa shape index (κ1) is 15.8. The van der Waals surface area contributed by atoms with Crippen molar-refractivity contribution in [2.24, 2.45) is 11.3 Å². The summed E-state index contributed by atoms with van der Waals surface area (Å²) in [7, 11) is 0. The van der Waals surface area contributed by atoms with Gasteiger partial charge in [-0.3, -0.25) is 9.59 Å². The summed E-state index contributed by atoms with van der Waals surface area (Å²) in [5, 5.41) is 3.21. The molecule has 1 saturated heterocycles. The molecular weight excluding hydrogens is 276 g/mol. The summed E-state index contributed by atoms with van der Waals surface area (Å²) in [6.45, 7) is 3.86. The third kappa shape index (κ3) is 3.31. The number of carbonyl (C=O) groups excluding carboxylic acids is 2. The Morgan fingerprint density at radius 1 is 1.00 bits per heavy atom. The molecule has 124 valence electrons. The molecule has 2 aliphatic carbocycles. The Morgan fingerprint density at radius 3 is 2.27 bits per heavy atom. The molecule has 3 aliphatic rings. The molecule has 1 atom stereocenters. The lowest BCUT2D eigenvalue weighted by Crippen LogP contribution is -2.50. The maximum Gasteiger partial charge on any atom is 0.238 e. The van der Waals surface area contributed by atoms with Gasteiger partial charge in [-0.25, -0.2) is 0 Å². The van der Waals surface area contributed by atoms with Crippen LogP contribution in [-0.4, -0.2) is 35.8 Å². The van der Waals surface area contributed by atoms with Gasteiger partial charge in [-0.2, -0.15) is 0 Å². The van der Waals surface area contributed by atoms with Crippen LogP contribution < -0.4 is 5.32 Å². The summed E-state index contributed by atoms with van der Waals surface area (Å²) < 4.78 is 0. The second-order valence-corrected chi connectivity index (χ2v) is 7.74. The van der Waals surface area contributed by atoms with Crippen LogP contribution in [0.1, 0.15) is 71.1 Å². The van der Waals surface area contributed by atoms with Gasteiger partial charge in [-0.1, -0.05) is 32.6 Å². The Balaban J connectivity index is 1.59. The van der Waals surface area contributed by atoms with Crippen LogP contribution in [0.4, 0.5) is 0 Å². The highest BCUT2D eigenvalue weighted by molar-refractivity contribution is 6.08. The number of amides is 2. The van der Waals surface area contributed by atoms with Gasteiger partial charge in [0.25, 0.3) is 0 Å². The largest absolute Gasteiger partial charge is 0.352 e. The molecule has 3 rings (SSSR count). The molecule has 0 aromatic carbocycles. The maximum atomic E-state index is 12.8. The molecule has 1 N–H and O–H groups in total. The van der Waals surface area contributed by atoms with Gasteiger partial charge >= 0.3 is 0 Å². The van der Waals surface area contributed by atoms with Crippen molar-refractivity contribution in [1.29, 1.82) is 0 Å². The van der Waals surface area contributed by atoms with Crippen LogP contribution in [0.15, 0.2) is 0 Å². The highest BCUT2D eigenvalue weighted by atomic mass is 16.2. The molecule has 1 aliphatic heterocycles. The molecular formula is C18H30N2O2. The Bertz CT molecular complexity index is 423. The molecule has 22 heavy (non-hydrogen) atoms. The highest BCUT2D eigenvalue weighted by Crippen LogP contribution is 2.48. The van der Waals surface area contributed by atoms with Gasteiger partial charge in [0.2, 0.25) is 11.8 Å². The van der Waals surface area contributed by atoms with Crippen LogP contribution >= 0.6 is 0 Å². The number of hydrogen-bond donors (Lipinski definition) is 1. The Kier molecular flexibility index (Phi) is 4.74. The summed E-state index contributed by atoms with van der Waals surface area (Å²) in [5.74, 6) is 0.686. The number of carbonyl (C=O) groups is 2. The quantitative estimate of drug-likeness (QED) is 0.644. The zero-order valence-corrected chi connectivity index (χ0v) is 13.9. The van der Waals surface area contributed by atoms with E-state index in [9.17, 15) is 9.59 Å². The fourth-order valence-electron chi connectivity index (χ4n) is 4.09. The second kappa shape index (κ2) is 6.59. The molecule has 1 unspecified atom stereocenters. The van der Waals surface area contributed by atoms with Crippen LogP contribution in [0.25, 0.3) is 0 Å². The van der Waals surface area contributed by atoms with Crippen molar-refractivity contribution in [3.63, 3.8) is 0 Å². The van der Waals surface area contributed by atoms with E-state index >= 15 is 0 Å². The van der Waals surface area contributed by atoms with Crippen LogP contribution in [0.3, 0.4) is 0 Å². The standard InChI is InChI=1S/C18H30N2O2/c1-14-7-6-12-20(13-14)17(22)18(10-11-18)16(21)19-15-8-4-2-3-5-9-15/h14-15H,2-13H2,1H3,(H,19,21). The lowest BCUT2D eigenvalue weighted by molar-refractivity contribution is -0.145. The Morgan fingerprint density at radius 2 is 1.68 bits per heavy atom. The van der Waals surface area contributed by atoms with Gasteiger partial charge in [0.1, 0.15) is 5.41 Å². The highest BCUT2D eigenvalue weighted by Gasteiger charge is 2.58. The topological polar surface area (TPSA) is 49.4 Å². The first-order chi connectivity index (χ1) is 10.6. The summed E-state index contributed by atoms with van der Waals surface area (Å²) in [6, 6.07) is 0.292. The van der Waals surface area contributed by atoms with E-state index in [-0.39, 0.29) is 11.8 Å². The molecule has 0 aromatic rings. The van der Waals surface area contributed by atoms with Crippen LogP contribution in [0.2, 0.25) is 0 Å². The number of likely N-dealkylation sites (tertiary alicyclic amines) is 1. The monoisotopic (exact) mass is 306 g/mol. The third-order valence-electron chi connectivity index (χ3n) is 5.73. The lowest BCUT2D eigenvalue weighted by Gasteiger charge is -2.33. The fraction of sp³-hybridized carbons (Fsp3) is 0.889. The minimum Gasteiger partial charge on any atom is -0.352 e. The van der Waals surface area contributed by atoms with Gasteiger partial charge in [0, 0.05) is 19.1 Å². The zero-order chi connectivity index (χ0) is 15.6. The third-order valence-corrected chi connectivity index (χ3v) is 5.73. The van der Waals surface area contributed by atoms with E-state index in [0.717, 1.165) is 45.2 Å². The van der Waals surface area contributed by atoms with E-state index < -0.39 is 5.41 Å². The Labute approximate surface area is 134 Å². The van der Waals surface area contributed by atoms with Crippen molar-refractivity contribution in [3.05, 3.63) is 0 Å². The molecule has 0 aromatic heterocycles. The molecule has 2 amide bonds. The van der Waals surface area contributed by atoms with E-state index in [1.165, 1.54) is 32.1 Å². The minimum atomic E-state index is -0.705. The van der Waals surface area contributed by atoms with Crippen molar-refractivity contribution in [3.8, 4) is 0 Å². The summed E-state index contributed by atoms with van der Waals surface area (Å²) in [4.78, 5) is 27.5. The fourth-order valence-corrected chi connectivity index (χ4v) is 4.09. The van der Waals surface area contributed by atoms with Crippen LogP contribution in [0, 0.1) is 11.3 Å². The van der Waals surface area contributed by atoms with Crippen molar-refractivity contribution >= 4 is 11.8 Å². The van der Waals surface area contributed by atoms with E-state index in [4.69, 9.17) is 0 Å². The number of nitrogens with one attached hydrogen (secondary N) is 1. The average molecular weight is 306 g/mol. The van der Waals surface area contributed by atoms with Crippen LogP contribution in [0.5, 0.6) is 0 Å². The number of hydrogen-bond acceptors (Lipinski definition) is 2. The van der Waals surface area contributed by atoms with E-state index in [0.29, 0.717) is 12.0 Å². The predicted octanol–water partition coefficient (Wildman–Crippen LogP) is 2.86. The first-order valence-corrected chi connectivity index (χ1v) is 9.22. The maximum absolute atomic E-state index is 12.8. The van der Waals surface area contributed by atoms with E-state index in [1.807, 2.05) is 4.90 Å². The molecule has 0 spiro atoms. The lowest BCUT2D eigenvalue weighted by atomic mass is 9.96. The zero-order valence-electron chi connectivity index (χ0n) is 13.9. The second-order valence-electron chi connectivity index (χ2n) is 7.74. The number of rotatable bonds is 3. The number of piperidine rings is 1. The SMILES string of the molecule is CC1CCCN(C(=O)C2(C(=O)NC3CCCCCC3)CC2)C1. The van der Waals surface area contributed by atoms with E-state index in [1.54, 1.807) is 0 Å². The first-order valence-electron chi connectivity index (χ1n) is 9.22. The average Bonchev–Trinajstić information content (AvgIpc) is 3.32. The van der Waals surface area contributed by atoms with Crippen molar-refractivity contribution in [1.82, 2.24) is 10.2 Å². The van der Waals surface area contributed by atoms with Gasteiger partial charge in [0.05, 0.1) is 0 Å². The minimum absolute atomic E-state index is 0.0163. The molecule has 1 heterocycles. The van der Waals surface area contributed by atoms with Crippen molar-refractivity contribution in [2.75, 3.05) is 13.1 Å². The predicted molar refractivity (Wildman–Crippen MR) is 86.3 cm³/mol. The normalized spacial score (nSPS) is 28.8. The number of nitrogens with zero attached hydrogens (tertiary/aromatic N) is 1. The summed E-state index contributed by atoms with van der Waals surface area (Å²) >= 11 is 0. The molecule has 4 heteroatoms. The van der Waals surface area contributed by atoms with Crippen molar-refractivity contribution < 1.29 is 9.59 Å². The van der Waals surface area contributed by atoms with Gasteiger partial charge < -0.3 is 10.2 Å². The smallest absolute Gasteiger partial charge is 0.238 e. The van der Waals surface area contributed by atoms with E-state index in [2.05, 4.69) is 12.2 Å². The van der Waals surface area contributed by atoms with Crippen molar-refractivity contribution in [2.45, 2.75) is 77.2 Å². The molecule has 0 radical (unpaired) electrons. The molecule has 3 fully saturated rings. The summed E-state index contributed by atoms with van der Waals surface area (Å²) in [6.07, 6.45) is 10.9. The molecule has 2 saturated carbocycles. The van der Waals surface area contributed by atoms with Gasteiger partial charge in [-0.05, 0) is 44.4 Å².